The van der Waals surface area contributed by atoms with Gasteiger partial charge in [0, 0.05) is 27.1 Å². The predicted octanol–water partition coefficient (Wildman–Crippen LogP) is 7.26. The number of pyridine rings is 1. The van der Waals surface area contributed by atoms with Gasteiger partial charge in [-0.05, 0) is 57.2 Å². The summed E-state index contributed by atoms with van der Waals surface area (Å²) in [6, 6.07) is 20.0. The number of hydrogen-bond acceptors (Lipinski definition) is 7. The Morgan fingerprint density at radius 3 is 2.71 bits per heavy atom. The van der Waals surface area contributed by atoms with Crippen LogP contribution in [0.3, 0.4) is 0 Å². The molecule has 7 nitrogen and oxygen atoms in total. The van der Waals surface area contributed by atoms with E-state index < -0.39 is 23.1 Å². The van der Waals surface area contributed by atoms with Gasteiger partial charge in [-0.1, -0.05) is 35.9 Å². The van der Waals surface area contributed by atoms with Gasteiger partial charge in [-0.2, -0.15) is 4.72 Å². The number of hydrogen-bond donors (Lipinski definition) is 2. The average Bonchev–Trinajstić information content (AvgIpc) is 3.22. The zero-order valence-electron chi connectivity index (χ0n) is 19.3. The van der Waals surface area contributed by atoms with Crippen molar-refractivity contribution >= 4 is 63.3 Å². The highest BCUT2D eigenvalue weighted by Gasteiger charge is 2.20. The summed E-state index contributed by atoms with van der Waals surface area (Å²) in [4.78, 5) is 17.4. The maximum absolute atomic E-state index is 13.0. The first kappa shape index (κ1) is 25.2. The summed E-state index contributed by atoms with van der Waals surface area (Å²) in [7, 11) is 0. The van der Waals surface area contributed by atoms with E-state index in [0.717, 1.165) is 16.0 Å². The van der Waals surface area contributed by atoms with Crippen LogP contribution in [0, 0.1) is 0 Å². The minimum atomic E-state index is -1.62. The molecule has 0 bridgehead atoms. The number of amides is 1. The number of furan rings is 1. The van der Waals surface area contributed by atoms with E-state index >= 15 is 0 Å². The van der Waals surface area contributed by atoms with Gasteiger partial charge in [0.15, 0.2) is 0 Å². The molecular weight excluding hydrogens is 506 g/mol. The van der Waals surface area contributed by atoms with Gasteiger partial charge in [-0.25, -0.2) is 9.78 Å². The van der Waals surface area contributed by atoms with Gasteiger partial charge in [0.25, 0.3) is 0 Å². The topological polar surface area (TPSA) is 99.5 Å². The van der Waals surface area contributed by atoms with E-state index in [2.05, 4.69) is 15.0 Å². The molecule has 182 valence electrons. The van der Waals surface area contributed by atoms with Crippen LogP contribution in [-0.2, 0) is 21.9 Å². The first-order valence-electron chi connectivity index (χ1n) is 10.7. The van der Waals surface area contributed by atoms with Crippen molar-refractivity contribution in [2.24, 2.45) is 0 Å². The number of halogens is 1. The Hall–Kier alpha value is -2.85. The molecule has 0 aliphatic heterocycles. The molecule has 0 radical (unpaired) electrons. The summed E-state index contributed by atoms with van der Waals surface area (Å²) < 4.78 is 27.0. The van der Waals surface area contributed by atoms with Crippen LogP contribution in [0.4, 0.5) is 16.3 Å². The van der Waals surface area contributed by atoms with Crippen molar-refractivity contribution in [2.45, 2.75) is 42.1 Å². The summed E-state index contributed by atoms with van der Waals surface area (Å²) in [5.74, 6) is 0.912. The number of benzene rings is 2. The van der Waals surface area contributed by atoms with Gasteiger partial charge in [0.2, 0.25) is 0 Å². The lowest BCUT2D eigenvalue weighted by Gasteiger charge is -2.19. The number of ether oxygens (including phenoxy) is 1. The van der Waals surface area contributed by atoms with Crippen LogP contribution < -0.4 is 10.0 Å². The van der Waals surface area contributed by atoms with Gasteiger partial charge >= 0.3 is 11.2 Å². The van der Waals surface area contributed by atoms with Crippen LogP contribution in [0.25, 0.3) is 11.0 Å². The van der Waals surface area contributed by atoms with Crippen LogP contribution >= 0.6 is 23.4 Å². The number of carbonyl (C=O) groups is 1. The Kier molecular flexibility index (Phi) is 7.81. The normalized spacial score (nSPS) is 12.4. The second-order valence-corrected chi connectivity index (χ2v) is 11.1. The fourth-order valence-electron chi connectivity index (χ4n) is 3.10. The number of anilines is 2. The highest BCUT2D eigenvalue weighted by atomic mass is 35.5. The highest BCUT2D eigenvalue weighted by molar-refractivity contribution is 7.98. The number of nitrogens with one attached hydrogen (secondary N) is 2. The van der Waals surface area contributed by atoms with Crippen molar-refractivity contribution in [3.05, 3.63) is 77.4 Å². The third-order valence-electron chi connectivity index (χ3n) is 4.54. The van der Waals surface area contributed by atoms with E-state index in [-0.39, 0.29) is 0 Å². The van der Waals surface area contributed by atoms with E-state index in [1.54, 1.807) is 45.0 Å². The van der Waals surface area contributed by atoms with E-state index in [1.807, 2.05) is 42.5 Å². The Labute approximate surface area is 215 Å². The van der Waals surface area contributed by atoms with Crippen LogP contribution in [0.1, 0.15) is 26.5 Å². The minimum Gasteiger partial charge on any atom is -0.585 e. The Morgan fingerprint density at radius 1 is 1.14 bits per heavy atom. The summed E-state index contributed by atoms with van der Waals surface area (Å²) in [5, 5.41) is 4.37. The molecule has 4 rings (SSSR count). The van der Waals surface area contributed by atoms with Gasteiger partial charge in [0.05, 0.1) is 11.4 Å². The predicted molar refractivity (Wildman–Crippen MR) is 141 cm³/mol. The average molecular weight is 530 g/mol. The fraction of sp³-hybridized carbons (Fsp3) is 0.200. The smallest absolute Gasteiger partial charge is 0.413 e. The van der Waals surface area contributed by atoms with Gasteiger partial charge in [-0.15, -0.1) is 11.8 Å². The van der Waals surface area contributed by atoms with Crippen molar-refractivity contribution in [3.8, 4) is 0 Å². The first-order chi connectivity index (χ1) is 16.7. The lowest BCUT2D eigenvalue weighted by Crippen LogP contribution is -2.27. The van der Waals surface area contributed by atoms with Crippen molar-refractivity contribution < 1.29 is 18.5 Å². The molecule has 1 atom stereocenters. The Morgan fingerprint density at radius 2 is 1.94 bits per heavy atom. The molecule has 2 N–H and O–H groups in total. The molecule has 0 spiro atoms. The molecule has 1 amide bonds. The summed E-state index contributed by atoms with van der Waals surface area (Å²) in [6.07, 6.45) is -0.563. The third kappa shape index (κ3) is 7.08. The van der Waals surface area contributed by atoms with Crippen LogP contribution in [0.5, 0.6) is 0 Å². The van der Waals surface area contributed by atoms with E-state index in [9.17, 15) is 9.35 Å². The van der Waals surface area contributed by atoms with Gasteiger partial charge < -0.3 is 13.7 Å². The number of rotatable bonds is 7. The number of aromatic nitrogens is 1. The molecule has 2 aromatic heterocycles. The van der Waals surface area contributed by atoms with Gasteiger partial charge in [-0.3, -0.25) is 5.32 Å². The molecular formula is C25H24ClN3O4S2. The zero-order valence-corrected chi connectivity index (χ0v) is 21.7. The lowest BCUT2D eigenvalue weighted by atomic mass is 10.2. The third-order valence-corrected chi connectivity index (χ3v) is 6.86. The summed E-state index contributed by atoms with van der Waals surface area (Å²) >= 11 is 6.08. The Bertz CT molecular complexity index is 1310. The lowest BCUT2D eigenvalue weighted by molar-refractivity contribution is 0.0635. The molecule has 4 aromatic rings. The van der Waals surface area contributed by atoms with Crippen molar-refractivity contribution in [2.75, 3.05) is 10.0 Å². The molecule has 0 saturated carbocycles. The Balaban J connectivity index is 1.44. The van der Waals surface area contributed by atoms with Crippen LogP contribution in [0.15, 0.2) is 81.1 Å². The van der Waals surface area contributed by atoms with Crippen molar-refractivity contribution in [1.82, 2.24) is 4.98 Å². The summed E-state index contributed by atoms with van der Waals surface area (Å²) in [6.45, 7) is 5.39. The summed E-state index contributed by atoms with van der Waals surface area (Å²) in [5.41, 5.74) is 1.44. The maximum Gasteiger partial charge on any atom is 0.413 e. The van der Waals surface area contributed by atoms with Crippen molar-refractivity contribution in [3.63, 3.8) is 0 Å². The number of fused-ring (bicyclic) bond motifs is 1. The standard InChI is InChI=1S/C25H24ClN3O4S2/c1-25(2,3)33-24(30)28-22-10-6-8-18(27-22)15-34-21-12-11-17(26)14-19(21)29-35(31)23-13-16-7-4-5-9-20(16)32-23/h4-14,29H,15H2,1-3H3,(H,27,28,30). The fourth-order valence-corrected chi connectivity index (χ4v) is 5.10. The highest BCUT2D eigenvalue weighted by Crippen LogP contribution is 2.34. The molecule has 1 unspecified atom stereocenters. The van der Waals surface area contributed by atoms with E-state index in [1.165, 1.54) is 11.8 Å². The van der Waals surface area contributed by atoms with E-state index in [4.69, 9.17) is 20.8 Å². The number of para-hydroxylation sites is 1. The first-order valence-corrected chi connectivity index (χ1v) is 13.2. The second kappa shape index (κ2) is 10.8. The molecule has 2 aromatic carbocycles. The zero-order chi connectivity index (χ0) is 25.0. The number of nitrogens with zero attached hydrogens (tertiary/aromatic N) is 1. The molecule has 35 heavy (non-hydrogen) atoms. The molecule has 10 heteroatoms. The van der Waals surface area contributed by atoms with E-state index in [0.29, 0.717) is 33.0 Å². The molecule has 0 aliphatic carbocycles. The quantitative estimate of drug-likeness (QED) is 0.192. The van der Waals surface area contributed by atoms with Crippen LogP contribution in [0.2, 0.25) is 5.02 Å². The van der Waals surface area contributed by atoms with Crippen molar-refractivity contribution in [1.29, 1.82) is 0 Å². The minimum absolute atomic E-state index is 0.324. The largest absolute Gasteiger partial charge is 0.585 e. The number of carbonyl (C=O) groups excluding carboxylic acids is 1. The SMILES string of the molecule is CC(C)(C)OC(=O)Nc1cccc(CSc2ccc(Cl)cc2N[S+]([O-])c2cc3ccccc3o2)n1. The monoisotopic (exact) mass is 529 g/mol. The second-order valence-electron chi connectivity index (χ2n) is 8.54. The molecule has 0 aliphatic rings. The van der Waals surface area contributed by atoms with Crippen LogP contribution in [-0.4, -0.2) is 21.2 Å². The maximum atomic E-state index is 13.0. The number of thioether (sulfide) groups is 1. The molecule has 0 fully saturated rings. The molecule has 2 heterocycles. The molecule has 0 saturated heterocycles. The van der Waals surface area contributed by atoms with Gasteiger partial charge in [0.1, 0.15) is 28.4 Å².